The van der Waals surface area contributed by atoms with Gasteiger partial charge in [-0.15, -0.1) is 0 Å². The number of benzene rings is 2. The molecule has 4 nitrogen and oxygen atoms in total. The fourth-order valence-electron chi connectivity index (χ4n) is 3.07. The van der Waals surface area contributed by atoms with Gasteiger partial charge in [-0.1, -0.05) is 78.8 Å². The minimum atomic E-state index is -0.150. The summed E-state index contributed by atoms with van der Waals surface area (Å²) in [5, 5.41) is 3.37. The molecule has 1 N–H and O–H groups in total. The topological polar surface area (TPSA) is 55.1 Å². The lowest BCUT2D eigenvalue weighted by molar-refractivity contribution is -0.120. The average Bonchev–Trinajstić information content (AvgIpc) is 3.01. The second-order valence-corrected chi connectivity index (χ2v) is 7.44. The van der Waals surface area contributed by atoms with Crippen molar-refractivity contribution in [1.29, 1.82) is 0 Å². The Morgan fingerprint density at radius 3 is 2.38 bits per heavy atom. The van der Waals surface area contributed by atoms with Gasteiger partial charge in [0.25, 0.3) is 5.22 Å². The Labute approximate surface area is 157 Å². The van der Waals surface area contributed by atoms with Crippen molar-refractivity contribution < 1.29 is 9.21 Å². The predicted octanol–water partition coefficient (Wildman–Crippen LogP) is 4.77. The molecule has 1 aliphatic rings. The summed E-state index contributed by atoms with van der Waals surface area (Å²) in [6, 6.07) is 20.0. The van der Waals surface area contributed by atoms with E-state index in [-0.39, 0.29) is 11.2 Å². The Morgan fingerprint density at radius 2 is 1.65 bits per heavy atom. The van der Waals surface area contributed by atoms with Gasteiger partial charge >= 0.3 is 0 Å². The quantitative estimate of drug-likeness (QED) is 0.724. The van der Waals surface area contributed by atoms with Crippen LogP contribution in [0.2, 0.25) is 0 Å². The van der Waals surface area contributed by atoms with Gasteiger partial charge in [-0.25, -0.2) is 4.98 Å². The van der Waals surface area contributed by atoms with Gasteiger partial charge in [0.05, 0.1) is 5.25 Å². The Kier molecular flexibility index (Phi) is 5.07. The number of thioether (sulfide) groups is 1. The Balaban J connectivity index is 1.70. The van der Waals surface area contributed by atoms with Gasteiger partial charge in [-0.2, -0.15) is 0 Å². The van der Waals surface area contributed by atoms with E-state index in [0.717, 1.165) is 48.4 Å². The van der Waals surface area contributed by atoms with Gasteiger partial charge in [0.2, 0.25) is 5.91 Å². The second-order valence-electron chi connectivity index (χ2n) is 6.28. The lowest BCUT2D eigenvalue weighted by Crippen LogP contribution is -2.30. The molecular formula is C21H20N2O2S. The van der Waals surface area contributed by atoms with E-state index in [1.807, 2.05) is 60.7 Å². The first kappa shape index (κ1) is 16.9. The first-order valence-electron chi connectivity index (χ1n) is 8.87. The summed E-state index contributed by atoms with van der Waals surface area (Å²) in [6.45, 7) is 0.756. The smallest absolute Gasteiger partial charge is 0.257 e. The van der Waals surface area contributed by atoms with Crippen LogP contribution in [-0.2, 0) is 4.79 Å². The fourth-order valence-corrected chi connectivity index (χ4v) is 4.07. The second kappa shape index (κ2) is 7.79. The van der Waals surface area contributed by atoms with E-state index in [0.29, 0.717) is 5.22 Å². The van der Waals surface area contributed by atoms with Crippen molar-refractivity contribution in [3.8, 4) is 22.6 Å². The van der Waals surface area contributed by atoms with E-state index in [9.17, 15) is 4.79 Å². The van der Waals surface area contributed by atoms with Crippen molar-refractivity contribution in [2.24, 2.45) is 0 Å². The molecule has 0 spiro atoms. The number of oxazole rings is 1. The standard InChI is InChI=1S/C21H20N2O2S/c24-20-17(13-7-8-14-22-20)26-21-23-18(15-9-3-1-4-10-15)19(25-21)16-11-5-2-6-12-16/h1-6,9-12,17H,7-8,13-14H2,(H,22,24). The zero-order chi connectivity index (χ0) is 17.8. The van der Waals surface area contributed by atoms with E-state index in [1.165, 1.54) is 11.8 Å². The van der Waals surface area contributed by atoms with E-state index in [1.54, 1.807) is 0 Å². The van der Waals surface area contributed by atoms with Crippen LogP contribution in [0.3, 0.4) is 0 Å². The normalized spacial score (nSPS) is 17.5. The first-order chi connectivity index (χ1) is 12.8. The summed E-state index contributed by atoms with van der Waals surface area (Å²) < 4.78 is 6.12. The molecule has 1 aromatic heterocycles. The SMILES string of the molecule is O=C1NCCCCC1Sc1nc(-c2ccccc2)c(-c2ccccc2)o1. The van der Waals surface area contributed by atoms with Crippen molar-refractivity contribution in [2.45, 2.75) is 29.7 Å². The van der Waals surface area contributed by atoms with Gasteiger partial charge in [0, 0.05) is 17.7 Å². The van der Waals surface area contributed by atoms with Crippen LogP contribution in [0.15, 0.2) is 70.3 Å². The zero-order valence-electron chi connectivity index (χ0n) is 14.4. The fraction of sp³-hybridized carbons (Fsp3) is 0.238. The lowest BCUT2D eigenvalue weighted by Gasteiger charge is -2.09. The molecule has 5 heteroatoms. The predicted molar refractivity (Wildman–Crippen MR) is 104 cm³/mol. The molecule has 0 aliphatic carbocycles. The molecule has 2 heterocycles. The van der Waals surface area contributed by atoms with Crippen LogP contribution in [0.25, 0.3) is 22.6 Å². The van der Waals surface area contributed by atoms with Crippen molar-refractivity contribution in [2.75, 3.05) is 6.54 Å². The van der Waals surface area contributed by atoms with Crippen LogP contribution in [0.5, 0.6) is 0 Å². The molecule has 0 radical (unpaired) electrons. The maximum atomic E-state index is 12.2. The summed E-state index contributed by atoms with van der Waals surface area (Å²) in [6.07, 6.45) is 2.91. The molecule has 1 atom stereocenters. The zero-order valence-corrected chi connectivity index (χ0v) is 15.2. The van der Waals surface area contributed by atoms with Crippen LogP contribution < -0.4 is 5.32 Å². The molecule has 1 amide bonds. The number of nitrogens with one attached hydrogen (secondary N) is 1. The van der Waals surface area contributed by atoms with E-state index in [4.69, 9.17) is 9.40 Å². The number of hydrogen-bond acceptors (Lipinski definition) is 4. The molecule has 1 saturated heterocycles. The molecule has 132 valence electrons. The highest BCUT2D eigenvalue weighted by Gasteiger charge is 2.25. The van der Waals surface area contributed by atoms with E-state index < -0.39 is 0 Å². The van der Waals surface area contributed by atoms with Gasteiger partial charge in [-0.3, -0.25) is 4.79 Å². The van der Waals surface area contributed by atoms with Crippen molar-refractivity contribution in [1.82, 2.24) is 10.3 Å². The molecular weight excluding hydrogens is 344 g/mol. The Hall–Kier alpha value is -2.53. The van der Waals surface area contributed by atoms with Crippen LogP contribution in [0, 0.1) is 0 Å². The van der Waals surface area contributed by atoms with E-state index in [2.05, 4.69) is 5.32 Å². The maximum absolute atomic E-state index is 12.2. The van der Waals surface area contributed by atoms with Crippen molar-refractivity contribution in [3.63, 3.8) is 0 Å². The van der Waals surface area contributed by atoms with Crippen LogP contribution in [-0.4, -0.2) is 22.7 Å². The molecule has 1 aliphatic heterocycles. The molecule has 1 fully saturated rings. The summed E-state index contributed by atoms with van der Waals surface area (Å²) in [7, 11) is 0. The minimum Gasteiger partial charge on any atom is -0.431 e. The molecule has 2 aromatic carbocycles. The number of carbonyl (C=O) groups is 1. The first-order valence-corrected chi connectivity index (χ1v) is 9.75. The van der Waals surface area contributed by atoms with Crippen molar-refractivity contribution >= 4 is 17.7 Å². The maximum Gasteiger partial charge on any atom is 0.257 e. The summed E-state index contributed by atoms with van der Waals surface area (Å²) in [5.41, 5.74) is 2.80. The summed E-state index contributed by atoms with van der Waals surface area (Å²) in [4.78, 5) is 17.0. The lowest BCUT2D eigenvalue weighted by atomic mass is 10.1. The van der Waals surface area contributed by atoms with Crippen LogP contribution in [0.1, 0.15) is 19.3 Å². The van der Waals surface area contributed by atoms with Gasteiger partial charge in [0.1, 0.15) is 5.69 Å². The van der Waals surface area contributed by atoms with Crippen LogP contribution >= 0.6 is 11.8 Å². The molecule has 4 rings (SSSR count). The van der Waals surface area contributed by atoms with E-state index >= 15 is 0 Å². The van der Waals surface area contributed by atoms with Gasteiger partial charge < -0.3 is 9.73 Å². The molecule has 0 saturated carbocycles. The number of amides is 1. The molecule has 0 bridgehead atoms. The Bertz CT molecular complexity index is 821. The summed E-state index contributed by atoms with van der Waals surface area (Å²) >= 11 is 1.42. The Morgan fingerprint density at radius 1 is 0.962 bits per heavy atom. The third-order valence-electron chi connectivity index (χ3n) is 4.42. The average molecular weight is 364 g/mol. The third kappa shape index (κ3) is 3.68. The monoisotopic (exact) mass is 364 g/mol. The van der Waals surface area contributed by atoms with Gasteiger partial charge in [0.15, 0.2) is 5.76 Å². The van der Waals surface area contributed by atoms with Crippen LogP contribution in [0.4, 0.5) is 0 Å². The number of aromatic nitrogens is 1. The number of hydrogen-bond donors (Lipinski definition) is 1. The highest BCUT2D eigenvalue weighted by Crippen LogP contribution is 2.37. The van der Waals surface area contributed by atoms with Gasteiger partial charge in [-0.05, 0) is 12.8 Å². The number of nitrogens with zero attached hydrogens (tertiary/aromatic N) is 1. The molecule has 26 heavy (non-hydrogen) atoms. The highest BCUT2D eigenvalue weighted by atomic mass is 32.2. The third-order valence-corrected chi connectivity index (χ3v) is 5.53. The largest absolute Gasteiger partial charge is 0.431 e. The highest BCUT2D eigenvalue weighted by molar-refractivity contribution is 8.00. The summed E-state index contributed by atoms with van der Waals surface area (Å²) in [5.74, 6) is 0.821. The number of carbonyl (C=O) groups excluding carboxylic acids is 1. The number of rotatable bonds is 4. The van der Waals surface area contributed by atoms with Crippen molar-refractivity contribution in [3.05, 3.63) is 60.7 Å². The minimum absolute atomic E-state index is 0.0771. The molecule has 3 aromatic rings. The molecule has 1 unspecified atom stereocenters.